The van der Waals surface area contributed by atoms with Crippen LogP contribution in [0.1, 0.15) is 16.3 Å². The molecular weight excluding hydrogens is 324 g/mol. The van der Waals surface area contributed by atoms with Gasteiger partial charge in [0.05, 0.1) is 0 Å². The van der Waals surface area contributed by atoms with Gasteiger partial charge in [-0.1, -0.05) is 18.2 Å². The van der Waals surface area contributed by atoms with Crippen molar-refractivity contribution in [3.8, 4) is 0 Å². The first-order valence-electron chi connectivity index (χ1n) is 7.41. The highest BCUT2D eigenvalue weighted by Crippen LogP contribution is 2.11. The van der Waals surface area contributed by atoms with Crippen molar-refractivity contribution in [1.82, 2.24) is 19.9 Å². The van der Waals surface area contributed by atoms with E-state index in [-0.39, 0.29) is 29.6 Å². The van der Waals surface area contributed by atoms with Gasteiger partial charge in [0, 0.05) is 19.5 Å². The van der Waals surface area contributed by atoms with Crippen molar-refractivity contribution < 1.29 is 9.53 Å². The number of carbonyl (C=O) groups is 1. The number of anilines is 2. The number of nitrogen functional groups attached to an aromatic ring is 1. The summed E-state index contributed by atoms with van der Waals surface area (Å²) in [7, 11) is 3.51. The number of aromatic nitrogens is 4. The third-order valence-electron chi connectivity index (χ3n) is 3.39. The van der Waals surface area contributed by atoms with Crippen LogP contribution in [0.5, 0.6) is 0 Å². The minimum absolute atomic E-state index is 0.0314. The molecule has 0 bridgehead atoms. The Morgan fingerprint density at radius 3 is 2.76 bits per heavy atom. The van der Waals surface area contributed by atoms with E-state index in [9.17, 15) is 9.59 Å². The molecule has 0 aliphatic rings. The lowest BCUT2D eigenvalue weighted by Crippen LogP contribution is -2.18. The fourth-order valence-corrected chi connectivity index (χ4v) is 2.22. The summed E-state index contributed by atoms with van der Waals surface area (Å²) in [5.41, 5.74) is 5.32. The van der Waals surface area contributed by atoms with E-state index in [2.05, 4.69) is 19.9 Å². The molecule has 0 spiro atoms. The highest BCUT2D eigenvalue weighted by molar-refractivity contribution is 5.92. The normalized spacial score (nSPS) is 10.6. The van der Waals surface area contributed by atoms with Crippen LogP contribution in [0.2, 0.25) is 0 Å². The topological polar surface area (TPSA) is 127 Å². The van der Waals surface area contributed by atoms with Crippen molar-refractivity contribution in [2.24, 2.45) is 0 Å². The molecule has 3 rings (SSSR count). The molecule has 0 amide bonds. The molecule has 0 fully saturated rings. The average Bonchev–Trinajstić information content (AvgIpc) is 2.59. The van der Waals surface area contributed by atoms with E-state index in [1.54, 1.807) is 49.3 Å². The Morgan fingerprint density at radius 2 is 2.00 bits per heavy atom. The number of hydrogen-bond donors (Lipinski definition) is 2. The number of nitrogens with zero attached hydrogens (tertiary/aromatic N) is 4. The maximum atomic E-state index is 12.2. The summed E-state index contributed by atoms with van der Waals surface area (Å²) < 4.78 is 5.17. The van der Waals surface area contributed by atoms with Gasteiger partial charge in [-0.15, -0.1) is 0 Å². The number of fused-ring (bicyclic) bond motifs is 1. The summed E-state index contributed by atoms with van der Waals surface area (Å²) in [4.78, 5) is 40.4. The molecule has 0 saturated heterocycles. The van der Waals surface area contributed by atoms with Crippen LogP contribution in [-0.2, 0) is 11.3 Å². The van der Waals surface area contributed by atoms with Gasteiger partial charge in [0.25, 0.3) is 5.56 Å². The molecule has 3 N–H and O–H groups in total. The van der Waals surface area contributed by atoms with E-state index in [4.69, 9.17) is 10.5 Å². The average molecular weight is 340 g/mol. The van der Waals surface area contributed by atoms with E-state index in [0.717, 1.165) is 0 Å². The Bertz CT molecular complexity index is 999. The predicted molar refractivity (Wildman–Crippen MR) is 92.3 cm³/mol. The van der Waals surface area contributed by atoms with Crippen LogP contribution in [0.3, 0.4) is 0 Å². The standard InChI is InChI=1S/C16H16N6O3/c1-22(2)16-20-12(19-15(17)21-16)8-25-14(24)11-7-9-5-3-4-6-10(9)13(23)18-11/h3-7H,8H2,1-2H3,(H,18,23)(H2,17,19,20,21). The number of carbonyl (C=O) groups excluding carboxylic acids is 1. The van der Waals surface area contributed by atoms with E-state index in [0.29, 0.717) is 16.7 Å². The molecule has 0 radical (unpaired) electrons. The second-order valence-corrected chi connectivity index (χ2v) is 5.48. The highest BCUT2D eigenvalue weighted by atomic mass is 16.5. The molecule has 0 aliphatic heterocycles. The summed E-state index contributed by atoms with van der Waals surface area (Å²) in [6, 6.07) is 8.53. The lowest BCUT2D eigenvalue weighted by molar-refractivity contribution is 0.0455. The van der Waals surface area contributed by atoms with Crippen LogP contribution in [0.25, 0.3) is 10.8 Å². The molecular formula is C16H16N6O3. The number of nitrogens with one attached hydrogen (secondary N) is 1. The highest BCUT2D eigenvalue weighted by Gasteiger charge is 2.13. The number of ether oxygens (including phenoxy) is 1. The molecule has 9 nitrogen and oxygen atoms in total. The molecule has 3 aromatic rings. The van der Waals surface area contributed by atoms with Crippen molar-refractivity contribution in [2.45, 2.75) is 6.61 Å². The third kappa shape index (κ3) is 3.55. The second-order valence-electron chi connectivity index (χ2n) is 5.48. The minimum Gasteiger partial charge on any atom is -0.453 e. The van der Waals surface area contributed by atoms with Gasteiger partial charge in [0.1, 0.15) is 5.69 Å². The van der Waals surface area contributed by atoms with Crippen molar-refractivity contribution in [3.05, 3.63) is 52.2 Å². The monoisotopic (exact) mass is 340 g/mol. The molecule has 1 aromatic carbocycles. The van der Waals surface area contributed by atoms with Crippen molar-refractivity contribution in [1.29, 1.82) is 0 Å². The molecule has 0 atom stereocenters. The van der Waals surface area contributed by atoms with Crippen LogP contribution in [-0.4, -0.2) is 40.0 Å². The predicted octanol–water partition coefficient (Wildman–Crippen LogP) is 0.718. The van der Waals surface area contributed by atoms with E-state index in [1.807, 2.05) is 0 Å². The fourth-order valence-electron chi connectivity index (χ4n) is 2.22. The Hall–Kier alpha value is -3.49. The van der Waals surface area contributed by atoms with E-state index >= 15 is 0 Å². The van der Waals surface area contributed by atoms with Gasteiger partial charge < -0.3 is 20.4 Å². The number of esters is 1. The molecule has 2 aromatic heterocycles. The first-order chi connectivity index (χ1) is 11.9. The SMILES string of the molecule is CN(C)c1nc(N)nc(COC(=O)c2cc3ccccc3c(=O)[nH]2)n1. The number of nitrogens with two attached hydrogens (primary N) is 1. The van der Waals surface area contributed by atoms with Crippen LogP contribution in [0.15, 0.2) is 35.1 Å². The van der Waals surface area contributed by atoms with Gasteiger partial charge in [-0.05, 0) is 17.5 Å². The molecule has 0 unspecified atom stereocenters. The van der Waals surface area contributed by atoms with Gasteiger partial charge in [0.15, 0.2) is 12.4 Å². The molecule has 0 aliphatic carbocycles. The number of H-pyrrole nitrogens is 1. The second kappa shape index (κ2) is 6.56. The zero-order chi connectivity index (χ0) is 18.0. The van der Waals surface area contributed by atoms with Crippen LogP contribution in [0.4, 0.5) is 11.9 Å². The lowest BCUT2D eigenvalue weighted by atomic mass is 10.1. The zero-order valence-electron chi connectivity index (χ0n) is 13.7. The molecule has 25 heavy (non-hydrogen) atoms. The number of benzene rings is 1. The third-order valence-corrected chi connectivity index (χ3v) is 3.39. The first kappa shape index (κ1) is 16.4. The Kier molecular flexibility index (Phi) is 4.29. The molecule has 128 valence electrons. The van der Waals surface area contributed by atoms with Crippen LogP contribution >= 0.6 is 0 Å². The van der Waals surface area contributed by atoms with Crippen molar-refractivity contribution >= 4 is 28.6 Å². The molecule has 0 saturated carbocycles. The number of rotatable bonds is 4. The number of hydrogen-bond acceptors (Lipinski definition) is 8. The molecule has 9 heteroatoms. The smallest absolute Gasteiger partial charge is 0.355 e. The minimum atomic E-state index is -0.687. The van der Waals surface area contributed by atoms with Crippen LogP contribution in [0, 0.1) is 0 Å². The van der Waals surface area contributed by atoms with Gasteiger partial charge in [-0.2, -0.15) is 15.0 Å². The summed E-state index contributed by atoms with van der Waals surface area (Å²) >= 11 is 0. The lowest BCUT2D eigenvalue weighted by Gasteiger charge is -2.11. The summed E-state index contributed by atoms with van der Waals surface area (Å²) in [6.07, 6.45) is 0. The van der Waals surface area contributed by atoms with Gasteiger partial charge in [-0.25, -0.2) is 4.79 Å². The Labute approximate surface area is 142 Å². The maximum Gasteiger partial charge on any atom is 0.355 e. The van der Waals surface area contributed by atoms with Crippen molar-refractivity contribution in [2.75, 3.05) is 24.7 Å². The van der Waals surface area contributed by atoms with E-state index in [1.165, 1.54) is 0 Å². The first-order valence-corrected chi connectivity index (χ1v) is 7.41. The van der Waals surface area contributed by atoms with Gasteiger partial charge in [-0.3, -0.25) is 4.79 Å². The van der Waals surface area contributed by atoms with E-state index < -0.39 is 5.97 Å². The number of pyridine rings is 1. The summed E-state index contributed by atoms with van der Waals surface area (Å²) in [5.74, 6) is -0.0811. The van der Waals surface area contributed by atoms with Crippen molar-refractivity contribution in [3.63, 3.8) is 0 Å². The fraction of sp³-hybridized carbons (Fsp3) is 0.188. The van der Waals surface area contributed by atoms with Gasteiger partial charge in [0.2, 0.25) is 11.9 Å². The Morgan fingerprint density at radius 1 is 1.24 bits per heavy atom. The quantitative estimate of drug-likeness (QED) is 0.665. The molecule has 2 heterocycles. The van der Waals surface area contributed by atoms with Crippen LogP contribution < -0.4 is 16.2 Å². The number of aromatic amines is 1. The largest absolute Gasteiger partial charge is 0.453 e. The van der Waals surface area contributed by atoms with Gasteiger partial charge >= 0.3 is 5.97 Å². The maximum absolute atomic E-state index is 12.2. The zero-order valence-corrected chi connectivity index (χ0v) is 13.7. The summed E-state index contributed by atoms with van der Waals surface area (Å²) in [5, 5.41) is 1.15. The Balaban J connectivity index is 1.80. The summed E-state index contributed by atoms with van der Waals surface area (Å²) in [6.45, 7) is -0.193.